The average molecular weight is 297 g/mol. The largest absolute Gasteiger partial charge is 0.495 e. The Morgan fingerprint density at radius 2 is 2.09 bits per heavy atom. The normalized spacial score (nSPS) is 16.4. The molecule has 2 aromatic carbocycles. The van der Waals surface area contributed by atoms with Gasteiger partial charge in [-0.3, -0.25) is 4.79 Å². The molecule has 2 aromatic rings. The van der Waals surface area contributed by atoms with Gasteiger partial charge in [-0.15, -0.1) is 0 Å². The first-order valence-corrected chi connectivity index (χ1v) is 7.36. The second kappa shape index (κ2) is 6.10. The summed E-state index contributed by atoms with van der Waals surface area (Å²) >= 11 is 0. The molecule has 3 rings (SSSR count). The van der Waals surface area contributed by atoms with E-state index in [-0.39, 0.29) is 11.8 Å². The molecule has 1 atom stereocenters. The standard InChI is InChI=1S/C18H19NO3/c1-12-7-8-17(21-2)15(11-12)19-18(20)14-9-10-22-16-6-4-3-5-13(14)16/h3-8,11,14H,9-10H2,1-2H3,(H,19,20). The third-order valence-electron chi connectivity index (χ3n) is 3.89. The minimum atomic E-state index is -0.199. The lowest BCUT2D eigenvalue weighted by Gasteiger charge is -2.25. The zero-order valence-corrected chi connectivity index (χ0v) is 12.8. The number of benzene rings is 2. The Kier molecular flexibility index (Phi) is 4.00. The highest BCUT2D eigenvalue weighted by atomic mass is 16.5. The highest BCUT2D eigenvalue weighted by Crippen LogP contribution is 2.35. The Labute approximate surface area is 130 Å². The number of nitrogens with one attached hydrogen (secondary N) is 1. The number of amides is 1. The molecule has 114 valence electrons. The van der Waals surface area contributed by atoms with Gasteiger partial charge in [0.1, 0.15) is 11.5 Å². The van der Waals surface area contributed by atoms with Crippen molar-refractivity contribution in [1.82, 2.24) is 0 Å². The van der Waals surface area contributed by atoms with Crippen LogP contribution in [0.2, 0.25) is 0 Å². The molecule has 0 saturated heterocycles. The molecule has 0 aliphatic carbocycles. The Morgan fingerprint density at radius 1 is 1.27 bits per heavy atom. The van der Waals surface area contributed by atoms with Gasteiger partial charge >= 0.3 is 0 Å². The van der Waals surface area contributed by atoms with Crippen LogP contribution in [0.5, 0.6) is 11.5 Å². The van der Waals surface area contributed by atoms with Crippen LogP contribution < -0.4 is 14.8 Å². The van der Waals surface area contributed by atoms with Crippen molar-refractivity contribution in [1.29, 1.82) is 0 Å². The molecule has 0 aromatic heterocycles. The fraction of sp³-hybridized carbons (Fsp3) is 0.278. The van der Waals surface area contributed by atoms with Gasteiger partial charge in [0.2, 0.25) is 5.91 Å². The van der Waals surface area contributed by atoms with Crippen molar-refractivity contribution in [2.45, 2.75) is 19.3 Å². The van der Waals surface area contributed by atoms with Crippen LogP contribution in [0.25, 0.3) is 0 Å². The third-order valence-corrected chi connectivity index (χ3v) is 3.89. The number of carbonyl (C=O) groups excluding carboxylic acids is 1. The fourth-order valence-electron chi connectivity index (χ4n) is 2.75. The van der Waals surface area contributed by atoms with Gasteiger partial charge in [0, 0.05) is 5.56 Å². The van der Waals surface area contributed by atoms with Gasteiger partial charge in [0.15, 0.2) is 0 Å². The lowest BCUT2D eigenvalue weighted by molar-refractivity contribution is -0.118. The number of methoxy groups -OCH3 is 1. The second-order valence-electron chi connectivity index (χ2n) is 5.42. The molecule has 0 saturated carbocycles. The molecular weight excluding hydrogens is 278 g/mol. The number of carbonyl (C=O) groups is 1. The van der Waals surface area contributed by atoms with Crippen LogP contribution in [-0.2, 0) is 4.79 Å². The summed E-state index contributed by atoms with van der Waals surface area (Å²) in [6.45, 7) is 2.54. The summed E-state index contributed by atoms with van der Waals surface area (Å²) in [5.41, 5.74) is 2.72. The van der Waals surface area contributed by atoms with Crippen LogP contribution in [0.3, 0.4) is 0 Å². The second-order valence-corrected chi connectivity index (χ2v) is 5.42. The topological polar surface area (TPSA) is 47.6 Å². The Balaban J connectivity index is 1.86. The van der Waals surface area contributed by atoms with Gasteiger partial charge < -0.3 is 14.8 Å². The summed E-state index contributed by atoms with van der Waals surface area (Å²) in [5, 5.41) is 2.99. The van der Waals surface area contributed by atoms with E-state index in [1.54, 1.807) is 7.11 Å². The van der Waals surface area contributed by atoms with Crippen LogP contribution in [0.15, 0.2) is 42.5 Å². The smallest absolute Gasteiger partial charge is 0.232 e. The van der Waals surface area contributed by atoms with E-state index in [2.05, 4.69) is 5.32 Å². The van der Waals surface area contributed by atoms with Gasteiger partial charge in [-0.2, -0.15) is 0 Å². The van der Waals surface area contributed by atoms with E-state index in [0.717, 1.165) is 16.9 Å². The molecule has 1 unspecified atom stereocenters. The minimum absolute atomic E-state index is 0.0281. The molecule has 0 radical (unpaired) electrons. The lowest BCUT2D eigenvalue weighted by Crippen LogP contribution is -2.26. The molecule has 1 amide bonds. The number of ether oxygens (including phenoxy) is 2. The molecule has 22 heavy (non-hydrogen) atoms. The van der Waals surface area contributed by atoms with Gasteiger partial charge in [-0.25, -0.2) is 0 Å². The van der Waals surface area contributed by atoms with Crippen molar-refractivity contribution >= 4 is 11.6 Å². The SMILES string of the molecule is COc1ccc(C)cc1NC(=O)C1CCOc2ccccc21. The summed E-state index contributed by atoms with van der Waals surface area (Å²) in [6.07, 6.45) is 0.678. The number of para-hydroxylation sites is 1. The summed E-state index contributed by atoms with van der Waals surface area (Å²) in [5.74, 6) is 1.24. The zero-order chi connectivity index (χ0) is 15.5. The van der Waals surface area contributed by atoms with Gasteiger partial charge in [-0.1, -0.05) is 24.3 Å². The number of rotatable bonds is 3. The van der Waals surface area contributed by atoms with Crippen molar-refractivity contribution in [3.63, 3.8) is 0 Å². The maximum Gasteiger partial charge on any atom is 0.232 e. The van der Waals surface area contributed by atoms with E-state index in [9.17, 15) is 4.79 Å². The van der Waals surface area contributed by atoms with Crippen molar-refractivity contribution in [2.24, 2.45) is 0 Å². The first kappa shape index (κ1) is 14.4. The fourth-order valence-corrected chi connectivity index (χ4v) is 2.75. The van der Waals surface area contributed by atoms with E-state index in [4.69, 9.17) is 9.47 Å². The number of hydrogen-bond acceptors (Lipinski definition) is 3. The summed E-state index contributed by atoms with van der Waals surface area (Å²) in [7, 11) is 1.60. The summed E-state index contributed by atoms with van der Waals surface area (Å²) in [4.78, 5) is 12.7. The Bertz CT molecular complexity index is 696. The molecule has 0 bridgehead atoms. The van der Waals surface area contributed by atoms with E-state index in [1.807, 2.05) is 49.4 Å². The quantitative estimate of drug-likeness (QED) is 0.943. The van der Waals surface area contributed by atoms with Crippen molar-refractivity contribution in [3.05, 3.63) is 53.6 Å². The number of hydrogen-bond donors (Lipinski definition) is 1. The summed E-state index contributed by atoms with van der Waals surface area (Å²) < 4.78 is 10.9. The van der Waals surface area contributed by atoms with E-state index < -0.39 is 0 Å². The molecule has 0 spiro atoms. The molecule has 1 aliphatic rings. The first-order chi connectivity index (χ1) is 10.7. The van der Waals surface area contributed by atoms with Crippen LogP contribution in [0.1, 0.15) is 23.5 Å². The maximum atomic E-state index is 12.7. The lowest BCUT2D eigenvalue weighted by atomic mass is 9.92. The van der Waals surface area contributed by atoms with Crippen molar-refractivity contribution < 1.29 is 14.3 Å². The Hall–Kier alpha value is -2.49. The molecule has 1 aliphatic heterocycles. The molecule has 0 fully saturated rings. The van der Waals surface area contributed by atoms with Crippen molar-refractivity contribution in [3.8, 4) is 11.5 Å². The van der Waals surface area contributed by atoms with Crippen LogP contribution >= 0.6 is 0 Å². The average Bonchev–Trinajstić information content (AvgIpc) is 2.54. The third kappa shape index (κ3) is 2.77. The number of anilines is 1. The predicted molar refractivity (Wildman–Crippen MR) is 85.7 cm³/mol. The van der Waals surface area contributed by atoms with Gasteiger partial charge in [0.25, 0.3) is 0 Å². The first-order valence-electron chi connectivity index (χ1n) is 7.36. The van der Waals surface area contributed by atoms with E-state index >= 15 is 0 Å². The van der Waals surface area contributed by atoms with Gasteiger partial charge in [-0.05, 0) is 37.1 Å². The highest BCUT2D eigenvalue weighted by molar-refractivity contribution is 5.97. The number of aryl methyl sites for hydroxylation is 1. The minimum Gasteiger partial charge on any atom is -0.495 e. The van der Waals surface area contributed by atoms with E-state index in [0.29, 0.717) is 24.5 Å². The Morgan fingerprint density at radius 3 is 2.91 bits per heavy atom. The van der Waals surface area contributed by atoms with Gasteiger partial charge in [0.05, 0.1) is 25.3 Å². The predicted octanol–water partition coefficient (Wildman–Crippen LogP) is 3.51. The molecule has 1 heterocycles. The number of fused-ring (bicyclic) bond motifs is 1. The van der Waals surface area contributed by atoms with Crippen LogP contribution in [0.4, 0.5) is 5.69 Å². The zero-order valence-electron chi connectivity index (χ0n) is 12.8. The van der Waals surface area contributed by atoms with Crippen LogP contribution in [0, 0.1) is 6.92 Å². The van der Waals surface area contributed by atoms with Crippen molar-refractivity contribution in [2.75, 3.05) is 19.0 Å². The maximum absolute atomic E-state index is 12.7. The monoisotopic (exact) mass is 297 g/mol. The molecule has 1 N–H and O–H groups in total. The van der Waals surface area contributed by atoms with Crippen LogP contribution in [-0.4, -0.2) is 19.6 Å². The highest BCUT2D eigenvalue weighted by Gasteiger charge is 2.27. The molecule has 4 heteroatoms. The molecular formula is C18H19NO3. The molecule has 4 nitrogen and oxygen atoms in total. The van der Waals surface area contributed by atoms with E-state index in [1.165, 1.54) is 0 Å². The summed E-state index contributed by atoms with van der Waals surface area (Å²) in [6, 6.07) is 13.4.